The van der Waals surface area contributed by atoms with Crippen molar-refractivity contribution in [3.8, 4) is 33.4 Å². The van der Waals surface area contributed by atoms with Crippen LogP contribution in [0.3, 0.4) is 0 Å². The highest BCUT2D eigenvalue weighted by Gasteiger charge is 2.12. The fraction of sp³-hybridized carbons (Fsp3) is 0.0769. The van der Waals surface area contributed by atoms with E-state index in [4.69, 9.17) is 0 Å². The number of benzene rings is 6. The van der Waals surface area contributed by atoms with Gasteiger partial charge in [0.2, 0.25) is 0 Å². The number of hydrogen-bond acceptors (Lipinski definition) is 1. The van der Waals surface area contributed by atoms with Gasteiger partial charge in [-0.1, -0.05) is 123 Å². The van der Waals surface area contributed by atoms with E-state index in [2.05, 4.69) is 176 Å². The average molecular weight is 516 g/mol. The molecule has 0 saturated heterocycles. The molecular formula is C39H33N. The second kappa shape index (κ2) is 11.5. The zero-order valence-corrected chi connectivity index (χ0v) is 23.0. The maximum atomic E-state index is 2.32. The molecule has 0 aliphatic heterocycles. The van der Waals surface area contributed by atoms with E-state index in [0.717, 1.165) is 17.1 Å². The summed E-state index contributed by atoms with van der Waals surface area (Å²) in [5.41, 5.74) is 12.2. The van der Waals surface area contributed by atoms with Crippen molar-refractivity contribution in [2.45, 2.75) is 19.8 Å². The molecule has 40 heavy (non-hydrogen) atoms. The Morgan fingerprint density at radius 3 is 1.23 bits per heavy atom. The highest BCUT2D eigenvalue weighted by Crippen LogP contribution is 2.36. The molecule has 0 spiro atoms. The van der Waals surface area contributed by atoms with Crippen molar-refractivity contribution >= 4 is 17.1 Å². The second-order valence-electron chi connectivity index (χ2n) is 10.5. The van der Waals surface area contributed by atoms with E-state index < -0.39 is 0 Å². The number of para-hydroxylation sites is 2. The fourth-order valence-electron chi connectivity index (χ4n) is 5.24. The molecule has 0 aliphatic carbocycles. The number of anilines is 3. The monoisotopic (exact) mass is 515 g/mol. The average Bonchev–Trinajstić information content (AvgIpc) is 3.03. The van der Waals surface area contributed by atoms with Gasteiger partial charge in [0.1, 0.15) is 0 Å². The van der Waals surface area contributed by atoms with E-state index in [9.17, 15) is 0 Å². The summed E-state index contributed by atoms with van der Waals surface area (Å²) >= 11 is 0. The maximum Gasteiger partial charge on any atom is 0.0462 e. The molecule has 0 aromatic heterocycles. The van der Waals surface area contributed by atoms with E-state index in [1.807, 2.05) is 0 Å². The van der Waals surface area contributed by atoms with Crippen molar-refractivity contribution in [1.29, 1.82) is 0 Å². The molecule has 0 N–H and O–H groups in total. The summed E-state index contributed by atoms with van der Waals surface area (Å²) in [4.78, 5) is 2.29. The number of rotatable bonds is 7. The lowest BCUT2D eigenvalue weighted by molar-refractivity contribution is 0.867. The first kappa shape index (κ1) is 25.4. The molecule has 0 heterocycles. The van der Waals surface area contributed by atoms with Crippen LogP contribution in [0.2, 0.25) is 0 Å². The molecule has 0 amide bonds. The molecule has 1 nitrogen and oxygen atoms in total. The van der Waals surface area contributed by atoms with Gasteiger partial charge in [-0.15, -0.1) is 0 Å². The highest BCUT2D eigenvalue weighted by molar-refractivity contribution is 5.80. The molecule has 0 fully saturated rings. The maximum absolute atomic E-state index is 2.32. The first-order valence-electron chi connectivity index (χ1n) is 14.0. The van der Waals surface area contributed by atoms with Gasteiger partial charge in [-0.3, -0.25) is 0 Å². The quantitative estimate of drug-likeness (QED) is 0.204. The van der Waals surface area contributed by atoms with Crippen LogP contribution in [-0.4, -0.2) is 0 Å². The Kier molecular flexibility index (Phi) is 7.28. The highest BCUT2D eigenvalue weighted by atomic mass is 15.1. The fourth-order valence-corrected chi connectivity index (χ4v) is 5.24. The van der Waals surface area contributed by atoms with Gasteiger partial charge < -0.3 is 4.90 Å². The van der Waals surface area contributed by atoms with Crippen LogP contribution in [0.1, 0.15) is 25.3 Å². The predicted molar refractivity (Wildman–Crippen MR) is 172 cm³/mol. The smallest absolute Gasteiger partial charge is 0.0462 e. The molecule has 0 bridgehead atoms. The standard InChI is InChI=1S/C39H33N/c1-29(2)31-12-9-14-33(26-31)35-16-11-17-36(28-35)34-15-10-13-32(27-34)30-22-24-39(25-23-30)40(37-18-5-3-6-19-37)38-20-7-4-8-21-38/h3-29H,1-2H3. The Morgan fingerprint density at radius 2 is 0.750 bits per heavy atom. The normalized spacial score (nSPS) is 11.0. The van der Waals surface area contributed by atoms with Crippen molar-refractivity contribution in [2.75, 3.05) is 4.90 Å². The summed E-state index contributed by atoms with van der Waals surface area (Å²) in [6, 6.07) is 56.6. The number of hydrogen-bond donors (Lipinski definition) is 0. The lowest BCUT2D eigenvalue weighted by atomic mass is 9.94. The van der Waals surface area contributed by atoms with Crippen LogP contribution >= 0.6 is 0 Å². The minimum atomic E-state index is 0.513. The van der Waals surface area contributed by atoms with E-state index in [0.29, 0.717) is 5.92 Å². The Balaban J connectivity index is 1.31. The van der Waals surface area contributed by atoms with Crippen LogP contribution in [0.5, 0.6) is 0 Å². The third-order valence-corrected chi connectivity index (χ3v) is 7.43. The number of nitrogens with zero attached hydrogens (tertiary/aromatic N) is 1. The molecule has 6 aromatic rings. The summed E-state index contributed by atoms with van der Waals surface area (Å²) in [5.74, 6) is 0.513. The zero-order chi connectivity index (χ0) is 27.3. The van der Waals surface area contributed by atoms with E-state index in [1.165, 1.54) is 38.9 Å². The summed E-state index contributed by atoms with van der Waals surface area (Å²) < 4.78 is 0. The lowest BCUT2D eigenvalue weighted by Gasteiger charge is -2.25. The van der Waals surface area contributed by atoms with E-state index in [1.54, 1.807) is 0 Å². The van der Waals surface area contributed by atoms with Crippen molar-refractivity contribution in [3.63, 3.8) is 0 Å². The topological polar surface area (TPSA) is 3.24 Å². The summed E-state index contributed by atoms with van der Waals surface area (Å²) in [6.45, 7) is 4.49. The largest absolute Gasteiger partial charge is 0.311 e. The van der Waals surface area contributed by atoms with Crippen LogP contribution in [-0.2, 0) is 0 Å². The molecule has 6 aromatic carbocycles. The van der Waals surface area contributed by atoms with Gasteiger partial charge in [0, 0.05) is 17.1 Å². The second-order valence-corrected chi connectivity index (χ2v) is 10.5. The molecular weight excluding hydrogens is 482 g/mol. The minimum Gasteiger partial charge on any atom is -0.311 e. The SMILES string of the molecule is CC(C)c1cccc(-c2cccc(-c3cccc(-c4ccc(N(c5ccccc5)c5ccccc5)cc4)c3)c2)c1. The van der Waals surface area contributed by atoms with Crippen molar-refractivity contribution < 1.29 is 0 Å². The third kappa shape index (κ3) is 5.46. The van der Waals surface area contributed by atoms with Gasteiger partial charge in [0.25, 0.3) is 0 Å². The summed E-state index contributed by atoms with van der Waals surface area (Å²) in [5, 5.41) is 0. The van der Waals surface area contributed by atoms with Gasteiger partial charge in [0.05, 0.1) is 0 Å². The van der Waals surface area contributed by atoms with E-state index in [-0.39, 0.29) is 0 Å². The molecule has 0 radical (unpaired) electrons. The Bertz CT molecular complexity index is 1660. The summed E-state index contributed by atoms with van der Waals surface area (Å²) in [6.07, 6.45) is 0. The summed E-state index contributed by atoms with van der Waals surface area (Å²) in [7, 11) is 0. The first-order valence-corrected chi connectivity index (χ1v) is 14.0. The van der Waals surface area contributed by atoms with Crippen molar-refractivity contribution in [2.24, 2.45) is 0 Å². The molecule has 0 unspecified atom stereocenters. The Labute approximate surface area is 238 Å². The van der Waals surface area contributed by atoms with E-state index >= 15 is 0 Å². The van der Waals surface area contributed by atoms with Crippen molar-refractivity contribution in [3.05, 3.63) is 163 Å². The van der Waals surface area contributed by atoms with Crippen LogP contribution in [0.25, 0.3) is 33.4 Å². The first-order chi connectivity index (χ1) is 19.7. The molecule has 0 atom stereocenters. The molecule has 6 rings (SSSR count). The molecule has 0 saturated carbocycles. The lowest BCUT2D eigenvalue weighted by Crippen LogP contribution is -2.09. The van der Waals surface area contributed by atoms with Gasteiger partial charge in [-0.2, -0.15) is 0 Å². The Morgan fingerprint density at radius 1 is 0.350 bits per heavy atom. The predicted octanol–water partition coefficient (Wildman–Crippen LogP) is 11.3. The van der Waals surface area contributed by atoms with Crippen LogP contribution < -0.4 is 4.90 Å². The van der Waals surface area contributed by atoms with Gasteiger partial charge >= 0.3 is 0 Å². The van der Waals surface area contributed by atoms with Gasteiger partial charge in [-0.05, 0) is 93.4 Å². The van der Waals surface area contributed by atoms with Crippen LogP contribution in [0.4, 0.5) is 17.1 Å². The molecule has 0 aliphatic rings. The van der Waals surface area contributed by atoms with Gasteiger partial charge in [-0.25, -0.2) is 0 Å². The third-order valence-electron chi connectivity index (χ3n) is 7.43. The zero-order valence-electron chi connectivity index (χ0n) is 23.0. The van der Waals surface area contributed by atoms with Crippen LogP contribution in [0.15, 0.2) is 158 Å². The Hall–Kier alpha value is -4.88. The van der Waals surface area contributed by atoms with Crippen LogP contribution in [0, 0.1) is 0 Å². The van der Waals surface area contributed by atoms with Crippen molar-refractivity contribution in [1.82, 2.24) is 0 Å². The van der Waals surface area contributed by atoms with Gasteiger partial charge in [0.15, 0.2) is 0 Å². The minimum absolute atomic E-state index is 0.513. The molecule has 194 valence electrons. The molecule has 1 heteroatoms.